The minimum Gasteiger partial charge on any atom is -0.392 e. The van der Waals surface area contributed by atoms with E-state index >= 15 is 0 Å². The van der Waals surface area contributed by atoms with Crippen LogP contribution in [0.1, 0.15) is 42.5 Å². The molecule has 3 N–H and O–H groups in total. The number of benzene rings is 1. The molecule has 1 fully saturated rings. The van der Waals surface area contributed by atoms with Crippen LogP contribution in [0.2, 0.25) is 5.02 Å². The highest BCUT2D eigenvalue weighted by Gasteiger charge is 2.28. The van der Waals surface area contributed by atoms with Gasteiger partial charge in [-0.3, -0.25) is 4.79 Å². The van der Waals surface area contributed by atoms with Gasteiger partial charge in [0.2, 0.25) is 0 Å². The monoisotopic (exact) mass is 388 g/mol. The average Bonchev–Trinajstić information content (AvgIpc) is 2.48. The normalized spacial score (nSPS) is 17.2. The zero-order valence-corrected chi connectivity index (χ0v) is 14.7. The molecule has 0 bridgehead atoms. The van der Waals surface area contributed by atoms with Crippen LogP contribution in [0.15, 0.2) is 22.7 Å². The topological polar surface area (TPSA) is 55.1 Å². The van der Waals surface area contributed by atoms with Crippen LogP contribution in [-0.4, -0.2) is 16.9 Å². The fourth-order valence-corrected chi connectivity index (χ4v) is 3.62. The molecule has 1 atom stereocenters. The number of amides is 1. The van der Waals surface area contributed by atoms with E-state index in [0.29, 0.717) is 26.0 Å². The Morgan fingerprint density at radius 1 is 1.38 bits per heavy atom. The maximum Gasteiger partial charge on any atom is 0.253 e. The number of nitrogens with one attached hydrogen (secondary N) is 1. The van der Waals surface area contributed by atoms with Crippen LogP contribution in [0.25, 0.3) is 0 Å². The Hall–Kier alpha value is -0.650. The van der Waals surface area contributed by atoms with Crippen molar-refractivity contribution in [3.63, 3.8) is 0 Å². The van der Waals surface area contributed by atoms with E-state index in [1.807, 2.05) is 0 Å². The fraction of sp³-hybridized carbons (Fsp3) is 0.467. The summed E-state index contributed by atoms with van der Waals surface area (Å²) in [6.45, 7) is 0. The third kappa shape index (κ3) is 4.18. The minimum atomic E-state index is -0.261. The first kappa shape index (κ1) is 16.7. The second kappa shape index (κ2) is 7.56. The summed E-state index contributed by atoms with van der Waals surface area (Å²) in [6.07, 6.45) is 5.67. The molecule has 3 nitrogen and oxygen atoms in total. The molecule has 1 saturated carbocycles. The number of nitrogens with two attached hydrogens (primary N) is 1. The van der Waals surface area contributed by atoms with Crippen molar-refractivity contribution in [3.05, 3.63) is 33.3 Å². The number of carbonyl (C=O) groups is 1. The lowest BCUT2D eigenvalue weighted by molar-refractivity contribution is 0.0932. The molecule has 0 aromatic heterocycles. The SMILES string of the molecule is NC(=S)C(NC(=O)c1cccc(Br)c1Cl)C1CCCCC1. The fourth-order valence-electron chi connectivity index (χ4n) is 2.79. The van der Waals surface area contributed by atoms with E-state index in [-0.39, 0.29) is 11.9 Å². The predicted molar refractivity (Wildman–Crippen MR) is 93.8 cm³/mol. The number of hydrogen-bond acceptors (Lipinski definition) is 2. The van der Waals surface area contributed by atoms with Crippen LogP contribution in [0.4, 0.5) is 0 Å². The van der Waals surface area contributed by atoms with Gasteiger partial charge < -0.3 is 11.1 Å². The molecule has 1 aliphatic rings. The molecule has 0 spiro atoms. The lowest BCUT2D eigenvalue weighted by atomic mass is 9.83. The predicted octanol–water partition coefficient (Wildman–Crippen LogP) is 4.07. The Morgan fingerprint density at radius 2 is 2.05 bits per heavy atom. The summed E-state index contributed by atoms with van der Waals surface area (Å²) in [5, 5.41) is 3.36. The van der Waals surface area contributed by atoms with Crippen molar-refractivity contribution in [3.8, 4) is 0 Å². The summed E-state index contributed by atoms with van der Waals surface area (Å²) < 4.78 is 0.696. The van der Waals surface area contributed by atoms with E-state index in [1.54, 1.807) is 18.2 Å². The smallest absolute Gasteiger partial charge is 0.253 e. The number of halogens is 2. The van der Waals surface area contributed by atoms with Crippen molar-refractivity contribution in [2.45, 2.75) is 38.1 Å². The van der Waals surface area contributed by atoms with Gasteiger partial charge >= 0.3 is 0 Å². The second-order valence-corrected chi connectivity index (χ2v) is 7.06. The van der Waals surface area contributed by atoms with Crippen molar-refractivity contribution < 1.29 is 4.79 Å². The number of thiocarbonyl (C=S) groups is 1. The van der Waals surface area contributed by atoms with Crippen LogP contribution in [-0.2, 0) is 0 Å². The van der Waals surface area contributed by atoms with Crippen molar-refractivity contribution >= 4 is 50.6 Å². The van der Waals surface area contributed by atoms with E-state index in [1.165, 1.54) is 6.42 Å². The molecular formula is C15H18BrClN2OS. The largest absolute Gasteiger partial charge is 0.392 e. The van der Waals surface area contributed by atoms with Crippen LogP contribution in [0.5, 0.6) is 0 Å². The average molecular weight is 390 g/mol. The molecule has 1 amide bonds. The van der Waals surface area contributed by atoms with E-state index in [9.17, 15) is 4.79 Å². The first-order chi connectivity index (χ1) is 10.0. The van der Waals surface area contributed by atoms with Crippen LogP contribution < -0.4 is 11.1 Å². The third-order valence-corrected chi connectivity index (χ3v) is 5.46. The Bertz CT molecular complexity index is 546. The van der Waals surface area contributed by atoms with Crippen LogP contribution in [0.3, 0.4) is 0 Å². The van der Waals surface area contributed by atoms with Gasteiger partial charge in [0, 0.05) is 4.47 Å². The van der Waals surface area contributed by atoms with Gasteiger partial charge in [-0.15, -0.1) is 0 Å². The summed E-state index contributed by atoms with van der Waals surface area (Å²) in [7, 11) is 0. The molecule has 0 saturated heterocycles. The molecule has 1 aromatic carbocycles. The van der Waals surface area contributed by atoms with E-state index < -0.39 is 0 Å². The summed E-state index contributed by atoms with van der Waals surface area (Å²) in [5.74, 6) is 0.0933. The molecule has 6 heteroatoms. The zero-order chi connectivity index (χ0) is 15.4. The maximum absolute atomic E-state index is 12.4. The van der Waals surface area contributed by atoms with Crippen molar-refractivity contribution in [2.75, 3.05) is 0 Å². The van der Waals surface area contributed by atoms with Gasteiger partial charge in [0.25, 0.3) is 5.91 Å². The molecule has 114 valence electrons. The van der Waals surface area contributed by atoms with E-state index in [0.717, 1.165) is 25.7 Å². The molecule has 21 heavy (non-hydrogen) atoms. The van der Waals surface area contributed by atoms with Crippen molar-refractivity contribution in [1.82, 2.24) is 5.32 Å². The molecule has 2 rings (SSSR count). The minimum absolute atomic E-state index is 0.232. The summed E-state index contributed by atoms with van der Waals surface area (Å²) in [5.41, 5.74) is 6.27. The lowest BCUT2D eigenvalue weighted by Crippen LogP contribution is -2.48. The first-order valence-electron chi connectivity index (χ1n) is 7.05. The summed E-state index contributed by atoms with van der Waals surface area (Å²) >= 11 is 14.6. The van der Waals surface area contributed by atoms with Gasteiger partial charge in [-0.2, -0.15) is 0 Å². The molecule has 0 aliphatic heterocycles. The highest BCUT2D eigenvalue weighted by atomic mass is 79.9. The van der Waals surface area contributed by atoms with Crippen LogP contribution in [0, 0.1) is 5.92 Å². The zero-order valence-electron chi connectivity index (χ0n) is 11.6. The Kier molecular flexibility index (Phi) is 6.02. The Balaban J connectivity index is 2.14. The summed E-state index contributed by atoms with van der Waals surface area (Å²) in [6, 6.07) is 5.01. The highest BCUT2D eigenvalue weighted by Crippen LogP contribution is 2.28. The first-order valence-corrected chi connectivity index (χ1v) is 8.63. The Labute approximate surface area is 143 Å². The summed E-state index contributed by atoms with van der Waals surface area (Å²) in [4.78, 5) is 12.8. The number of carbonyl (C=O) groups excluding carboxylic acids is 1. The van der Waals surface area contributed by atoms with E-state index in [2.05, 4.69) is 21.2 Å². The Morgan fingerprint density at radius 3 is 2.67 bits per heavy atom. The molecular weight excluding hydrogens is 372 g/mol. The van der Waals surface area contributed by atoms with Crippen molar-refractivity contribution in [2.24, 2.45) is 11.7 Å². The molecule has 1 aromatic rings. The van der Waals surface area contributed by atoms with Gasteiger partial charge in [0.05, 0.1) is 21.6 Å². The number of rotatable bonds is 4. The molecule has 0 radical (unpaired) electrons. The number of hydrogen-bond donors (Lipinski definition) is 2. The van der Waals surface area contributed by atoms with Gasteiger partial charge in [-0.1, -0.05) is 49.1 Å². The molecule has 1 aliphatic carbocycles. The van der Waals surface area contributed by atoms with Gasteiger partial charge in [0.15, 0.2) is 0 Å². The molecule has 0 heterocycles. The van der Waals surface area contributed by atoms with Crippen LogP contribution >= 0.6 is 39.7 Å². The maximum atomic E-state index is 12.4. The van der Waals surface area contributed by atoms with Gasteiger partial charge in [0.1, 0.15) is 0 Å². The molecule has 1 unspecified atom stereocenters. The lowest BCUT2D eigenvalue weighted by Gasteiger charge is -2.30. The van der Waals surface area contributed by atoms with Crippen molar-refractivity contribution in [1.29, 1.82) is 0 Å². The second-order valence-electron chi connectivity index (χ2n) is 5.35. The quantitative estimate of drug-likeness (QED) is 0.763. The standard InChI is InChI=1S/C15H18BrClN2OS/c16-11-8-4-7-10(12(11)17)15(20)19-13(14(18)21)9-5-2-1-3-6-9/h4,7-9,13H,1-3,5-6H2,(H2,18,21)(H,19,20). The third-order valence-electron chi connectivity index (χ3n) is 3.91. The van der Waals surface area contributed by atoms with Gasteiger partial charge in [-0.25, -0.2) is 0 Å². The van der Waals surface area contributed by atoms with Gasteiger partial charge in [-0.05, 0) is 46.8 Å². The van der Waals surface area contributed by atoms with E-state index in [4.69, 9.17) is 29.6 Å². The highest BCUT2D eigenvalue weighted by molar-refractivity contribution is 9.10.